The number of nitrogens with zero attached hydrogens (tertiary/aromatic N) is 1. The number of amides is 6. The molecule has 364 valence electrons. The molecule has 0 spiro atoms. The average Bonchev–Trinajstić information content (AvgIpc) is 3.28. The molecule has 4 aromatic carbocycles. The Balaban J connectivity index is 1.46. The van der Waals surface area contributed by atoms with Gasteiger partial charge in [-0.3, -0.25) is 19.2 Å². The third kappa shape index (κ3) is 19.3. The third-order valence-electron chi connectivity index (χ3n) is 9.73. The van der Waals surface area contributed by atoms with Gasteiger partial charge in [0.25, 0.3) is 0 Å². The second-order valence-electron chi connectivity index (χ2n) is 18.6. The van der Waals surface area contributed by atoms with Gasteiger partial charge in [0.05, 0.1) is 13.1 Å². The van der Waals surface area contributed by atoms with Gasteiger partial charge in [-0.05, 0) is 88.3 Å². The Bertz CT molecular complexity index is 2250. The molecule has 3 atom stereocenters. The Kier molecular flexibility index (Phi) is 20.1. The molecular formula is C52H65N5O11. The highest BCUT2D eigenvalue weighted by molar-refractivity contribution is 5.97. The summed E-state index contributed by atoms with van der Waals surface area (Å²) in [5.41, 5.74) is 0.860. The van der Waals surface area contributed by atoms with Gasteiger partial charge >= 0.3 is 18.2 Å². The molecule has 0 aliphatic rings. The molecule has 0 heterocycles. The summed E-state index contributed by atoms with van der Waals surface area (Å²) >= 11 is 0. The lowest BCUT2D eigenvalue weighted by Crippen LogP contribution is -2.56. The van der Waals surface area contributed by atoms with Crippen molar-refractivity contribution < 1.29 is 52.5 Å². The fourth-order valence-corrected chi connectivity index (χ4v) is 6.56. The molecular weight excluding hydrogens is 871 g/mol. The van der Waals surface area contributed by atoms with Gasteiger partial charge in [0, 0.05) is 12.8 Å². The summed E-state index contributed by atoms with van der Waals surface area (Å²) < 4.78 is 22.6. The van der Waals surface area contributed by atoms with Gasteiger partial charge in [-0.2, -0.15) is 4.90 Å². The molecule has 0 unspecified atom stereocenters. The number of esters is 1. The van der Waals surface area contributed by atoms with Crippen molar-refractivity contribution in [1.82, 2.24) is 26.2 Å². The van der Waals surface area contributed by atoms with Gasteiger partial charge in [0.15, 0.2) is 0 Å². The first-order valence-corrected chi connectivity index (χ1v) is 22.5. The molecule has 0 aromatic heterocycles. The molecule has 4 rings (SSSR count). The Morgan fingerprint density at radius 3 is 1.53 bits per heavy atom. The minimum Gasteiger partial charge on any atom is -0.489 e. The highest BCUT2D eigenvalue weighted by atomic mass is 16.6. The largest absolute Gasteiger partial charge is 0.489 e. The molecule has 0 fully saturated rings. The van der Waals surface area contributed by atoms with Crippen LogP contribution in [-0.2, 0) is 64.2 Å². The van der Waals surface area contributed by atoms with Crippen molar-refractivity contribution in [3.63, 3.8) is 0 Å². The SMILES string of the molecule is CC(C)C[C@H](NC(=O)[C@H](Cc1ccccc1)NC(=O)CNC(=O)CNC(=O)[C@H](Cc1ccc(OCc2ccccc2)cc1)N(C(=O)OC(C)(C)C)C(=O)OC(C)(C)C)C(=O)OCc1ccccc1. The van der Waals surface area contributed by atoms with E-state index >= 15 is 0 Å². The van der Waals surface area contributed by atoms with Gasteiger partial charge in [0.1, 0.15) is 48.3 Å². The van der Waals surface area contributed by atoms with Crippen molar-refractivity contribution in [2.45, 2.75) is 117 Å². The van der Waals surface area contributed by atoms with E-state index in [1.54, 1.807) is 90.1 Å². The van der Waals surface area contributed by atoms with Gasteiger partial charge in [-0.1, -0.05) is 117 Å². The summed E-state index contributed by atoms with van der Waals surface area (Å²) in [6.45, 7) is 12.5. The van der Waals surface area contributed by atoms with Crippen molar-refractivity contribution >= 4 is 41.8 Å². The number of hydrogen-bond donors (Lipinski definition) is 4. The molecule has 6 amide bonds. The Hall–Kier alpha value is -7.23. The van der Waals surface area contributed by atoms with E-state index in [0.29, 0.717) is 22.8 Å². The van der Waals surface area contributed by atoms with Crippen molar-refractivity contribution in [2.24, 2.45) is 5.92 Å². The summed E-state index contributed by atoms with van der Waals surface area (Å²) in [7, 11) is 0. The summed E-state index contributed by atoms with van der Waals surface area (Å²) in [4.78, 5) is 95.7. The van der Waals surface area contributed by atoms with Crippen LogP contribution in [0.4, 0.5) is 9.59 Å². The molecule has 0 saturated carbocycles. The molecule has 0 saturated heterocycles. The van der Waals surface area contributed by atoms with Gasteiger partial charge in [-0.25, -0.2) is 14.4 Å². The van der Waals surface area contributed by atoms with Crippen molar-refractivity contribution in [2.75, 3.05) is 13.1 Å². The van der Waals surface area contributed by atoms with Crippen molar-refractivity contribution in [3.05, 3.63) is 138 Å². The first-order valence-electron chi connectivity index (χ1n) is 22.5. The van der Waals surface area contributed by atoms with E-state index in [2.05, 4.69) is 21.3 Å². The first kappa shape index (κ1) is 53.4. The lowest BCUT2D eigenvalue weighted by Gasteiger charge is -2.33. The molecule has 0 radical (unpaired) electrons. The van der Waals surface area contributed by atoms with Crippen LogP contribution < -0.4 is 26.0 Å². The van der Waals surface area contributed by atoms with Crippen molar-refractivity contribution in [3.8, 4) is 5.75 Å². The standard InChI is InChI=1S/C52H65N5O11/c1-35(2)28-42(48(62)66-34-39-22-16-11-17-23-39)56-46(60)41(29-36-18-12-9-13-19-36)55-45(59)32-53-44(58)31-54-47(61)43(57(49(63)67-51(3,4)5)50(64)68-52(6,7)8)30-37-24-26-40(27-25-37)65-33-38-20-14-10-15-21-38/h9-27,35,41-43H,28-34H2,1-8H3,(H,53,58)(H,54,61)(H,55,59)(H,56,60)/t41-,42-,43-/m0/s1. The van der Waals surface area contributed by atoms with E-state index in [4.69, 9.17) is 18.9 Å². The normalized spacial score (nSPS) is 12.6. The van der Waals surface area contributed by atoms with Gasteiger partial charge < -0.3 is 40.2 Å². The number of benzene rings is 4. The van der Waals surface area contributed by atoms with Crippen LogP contribution in [-0.4, -0.2) is 89.1 Å². The van der Waals surface area contributed by atoms with Crippen LogP contribution >= 0.6 is 0 Å². The lowest BCUT2D eigenvalue weighted by atomic mass is 10.0. The fraction of sp³-hybridized carbons (Fsp3) is 0.404. The van der Waals surface area contributed by atoms with Crippen LogP contribution in [0, 0.1) is 5.92 Å². The summed E-state index contributed by atoms with van der Waals surface area (Å²) in [5.74, 6) is -3.14. The molecule has 16 heteroatoms. The molecule has 4 aromatic rings. The van der Waals surface area contributed by atoms with E-state index in [9.17, 15) is 33.6 Å². The first-order chi connectivity index (χ1) is 32.2. The smallest absolute Gasteiger partial charge is 0.420 e. The van der Waals surface area contributed by atoms with E-state index < -0.39 is 84.2 Å². The summed E-state index contributed by atoms with van der Waals surface area (Å²) in [6.07, 6.45) is -2.17. The van der Waals surface area contributed by atoms with Crippen LogP contribution in [0.2, 0.25) is 0 Å². The fourth-order valence-electron chi connectivity index (χ4n) is 6.56. The topological polar surface area (TPSA) is 208 Å². The summed E-state index contributed by atoms with van der Waals surface area (Å²) in [6, 6.07) is 30.7. The lowest BCUT2D eigenvalue weighted by molar-refractivity contribution is -0.149. The van der Waals surface area contributed by atoms with Crippen molar-refractivity contribution in [1.29, 1.82) is 0 Å². The predicted octanol–water partition coefficient (Wildman–Crippen LogP) is 6.58. The number of carbonyl (C=O) groups excluding carboxylic acids is 7. The number of hydrogen-bond acceptors (Lipinski definition) is 11. The zero-order chi connectivity index (χ0) is 49.9. The van der Waals surface area contributed by atoms with Crippen LogP contribution in [0.1, 0.15) is 84.1 Å². The van der Waals surface area contributed by atoms with Gasteiger partial charge in [-0.15, -0.1) is 0 Å². The molecule has 0 aliphatic heterocycles. The minimum atomic E-state index is -1.57. The third-order valence-corrected chi connectivity index (χ3v) is 9.73. The Morgan fingerprint density at radius 2 is 1.01 bits per heavy atom. The number of ether oxygens (including phenoxy) is 4. The van der Waals surface area contributed by atoms with Crippen LogP contribution in [0.5, 0.6) is 5.75 Å². The Morgan fingerprint density at radius 1 is 0.529 bits per heavy atom. The van der Waals surface area contributed by atoms with E-state index in [0.717, 1.165) is 16.7 Å². The highest BCUT2D eigenvalue weighted by Gasteiger charge is 2.40. The zero-order valence-electron chi connectivity index (χ0n) is 40.2. The highest BCUT2D eigenvalue weighted by Crippen LogP contribution is 2.22. The molecule has 4 N–H and O–H groups in total. The maximum atomic E-state index is 14.1. The van der Waals surface area contributed by atoms with Crippen LogP contribution in [0.3, 0.4) is 0 Å². The average molecular weight is 936 g/mol. The maximum Gasteiger partial charge on any atom is 0.420 e. The van der Waals surface area contributed by atoms with E-state index in [1.165, 1.54) is 0 Å². The Labute approximate surface area is 398 Å². The van der Waals surface area contributed by atoms with Gasteiger partial charge in [0.2, 0.25) is 23.6 Å². The minimum absolute atomic E-state index is 0.00688. The number of rotatable bonds is 21. The predicted molar refractivity (Wildman–Crippen MR) is 255 cm³/mol. The number of carbonyl (C=O) groups is 7. The molecule has 0 bridgehead atoms. The van der Waals surface area contributed by atoms with E-state index in [-0.39, 0.29) is 31.8 Å². The second kappa shape index (κ2) is 25.6. The van der Waals surface area contributed by atoms with E-state index in [1.807, 2.05) is 80.6 Å². The number of nitrogens with one attached hydrogen (secondary N) is 4. The zero-order valence-corrected chi connectivity index (χ0v) is 40.2. The molecule has 16 nitrogen and oxygen atoms in total. The summed E-state index contributed by atoms with van der Waals surface area (Å²) in [5, 5.41) is 10.3. The molecule has 68 heavy (non-hydrogen) atoms. The molecule has 0 aliphatic carbocycles. The quantitative estimate of drug-likeness (QED) is 0.0518. The maximum absolute atomic E-state index is 14.1. The monoisotopic (exact) mass is 935 g/mol. The number of imide groups is 1. The van der Waals surface area contributed by atoms with Crippen LogP contribution in [0.15, 0.2) is 115 Å². The van der Waals surface area contributed by atoms with Crippen LogP contribution in [0.25, 0.3) is 0 Å². The second-order valence-corrected chi connectivity index (χ2v) is 18.6.